The van der Waals surface area contributed by atoms with Gasteiger partial charge in [0, 0.05) is 30.5 Å². The van der Waals surface area contributed by atoms with Crippen LogP contribution in [0.3, 0.4) is 0 Å². The smallest absolute Gasteiger partial charge is 0.270 e. The van der Waals surface area contributed by atoms with Crippen LogP contribution in [0.4, 0.5) is 17.1 Å². The number of amides is 1. The average molecular weight is 350 g/mol. The zero-order chi connectivity index (χ0) is 17.9. The fourth-order valence-corrected chi connectivity index (χ4v) is 3.28. The first kappa shape index (κ1) is 16.9. The highest BCUT2D eigenvalue weighted by atomic mass is 16.2. The van der Waals surface area contributed by atoms with Crippen LogP contribution in [-0.4, -0.2) is 30.0 Å². The first-order valence-corrected chi connectivity index (χ1v) is 9.56. The Balaban J connectivity index is 1.35. The lowest BCUT2D eigenvalue weighted by molar-refractivity contribution is 0.0946. The van der Waals surface area contributed by atoms with E-state index in [9.17, 15) is 4.79 Å². The van der Waals surface area contributed by atoms with Gasteiger partial charge in [-0.1, -0.05) is 6.92 Å². The molecule has 0 unspecified atom stereocenters. The number of piperidine rings is 1. The molecule has 1 aliphatic carbocycles. The van der Waals surface area contributed by atoms with E-state index in [1.807, 2.05) is 6.07 Å². The zero-order valence-electron chi connectivity index (χ0n) is 15.2. The van der Waals surface area contributed by atoms with Crippen LogP contribution >= 0.6 is 0 Å². The minimum atomic E-state index is -0.0840. The maximum absolute atomic E-state index is 12.0. The summed E-state index contributed by atoms with van der Waals surface area (Å²) in [6.45, 7) is 4.61. The number of hydrogen-bond donors (Lipinski definition) is 2. The maximum Gasteiger partial charge on any atom is 0.270 e. The second-order valence-corrected chi connectivity index (χ2v) is 7.52. The van der Waals surface area contributed by atoms with Gasteiger partial charge in [-0.25, -0.2) is 4.98 Å². The second kappa shape index (κ2) is 7.36. The van der Waals surface area contributed by atoms with Gasteiger partial charge in [0.1, 0.15) is 5.69 Å². The highest BCUT2D eigenvalue weighted by molar-refractivity contribution is 5.92. The van der Waals surface area contributed by atoms with Crippen molar-refractivity contribution >= 4 is 23.0 Å². The molecule has 2 N–H and O–H groups in total. The molecule has 1 aromatic heterocycles. The van der Waals surface area contributed by atoms with Crippen molar-refractivity contribution in [2.24, 2.45) is 5.92 Å². The highest BCUT2D eigenvalue weighted by Gasteiger charge is 2.24. The van der Waals surface area contributed by atoms with Crippen molar-refractivity contribution < 1.29 is 4.79 Å². The fourth-order valence-electron chi connectivity index (χ4n) is 3.28. The van der Waals surface area contributed by atoms with Crippen molar-refractivity contribution in [1.29, 1.82) is 0 Å². The highest BCUT2D eigenvalue weighted by Crippen LogP contribution is 2.25. The van der Waals surface area contributed by atoms with Crippen molar-refractivity contribution in [3.63, 3.8) is 0 Å². The molecule has 2 aromatic rings. The van der Waals surface area contributed by atoms with Gasteiger partial charge in [0.15, 0.2) is 0 Å². The standard InChI is InChI=1S/C21H26N4O/c1-15-10-12-25(13-11-15)19-7-4-16(5-8-19)23-18-6-9-20(22-14-18)21(26)24-17-2-3-17/h4-9,14-15,17,23H,2-3,10-13H2,1H3,(H,24,26). The summed E-state index contributed by atoms with van der Waals surface area (Å²) in [4.78, 5) is 18.7. The van der Waals surface area contributed by atoms with E-state index in [4.69, 9.17) is 0 Å². The predicted octanol–water partition coefficient (Wildman–Crippen LogP) is 3.95. The molecule has 0 radical (unpaired) electrons. The van der Waals surface area contributed by atoms with E-state index < -0.39 is 0 Å². The van der Waals surface area contributed by atoms with Crippen LogP contribution in [0.2, 0.25) is 0 Å². The molecule has 0 spiro atoms. The van der Waals surface area contributed by atoms with E-state index >= 15 is 0 Å². The van der Waals surface area contributed by atoms with Crippen molar-refractivity contribution in [3.05, 3.63) is 48.3 Å². The summed E-state index contributed by atoms with van der Waals surface area (Å²) in [7, 11) is 0. The van der Waals surface area contributed by atoms with E-state index in [0.717, 1.165) is 43.2 Å². The molecule has 136 valence electrons. The van der Waals surface area contributed by atoms with Gasteiger partial charge < -0.3 is 15.5 Å². The summed E-state index contributed by atoms with van der Waals surface area (Å²) >= 11 is 0. The van der Waals surface area contributed by atoms with Crippen molar-refractivity contribution in [2.75, 3.05) is 23.3 Å². The van der Waals surface area contributed by atoms with Crippen LogP contribution in [-0.2, 0) is 0 Å². The van der Waals surface area contributed by atoms with Gasteiger partial charge in [0.2, 0.25) is 0 Å². The Morgan fingerprint density at radius 3 is 2.31 bits per heavy atom. The first-order valence-electron chi connectivity index (χ1n) is 9.56. The molecular weight excluding hydrogens is 324 g/mol. The molecule has 2 fully saturated rings. The Labute approximate surface area is 154 Å². The molecule has 1 saturated heterocycles. The van der Waals surface area contributed by atoms with Crippen LogP contribution in [0.25, 0.3) is 0 Å². The molecule has 2 heterocycles. The lowest BCUT2D eigenvalue weighted by atomic mass is 9.99. The second-order valence-electron chi connectivity index (χ2n) is 7.52. The summed E-state index contributed by atoms with van der Waals surface area (Å²) in [6.07, 6.45) is 6.41. The van der Waals surface area contributed by atoms with Crippen LogP contribution in [0.5, 0.6) is 0 Å². The Hall–Kier alpha value is -2.56. The zero-order valence-corrected chi connectivity index (χ0v) is 15.2. The summed E-state index contributed by atoms with van der Waals surface area (Å²) in [6, 6.07) is 12.6. The lowest BCUT2D eigenvalue weighted by Gasteiger charge is -2.32. The molecule has 5 heteroatoms. The third-order valence-electron chi connectivity index (χ3n) is 5.21. The van der Waals surface area contributed by atoms with Crippen LogP contribution in [0.15, 0.2) is 42.6 Å². The molecule has 2 aliphatic rings. The molecule has 1 aromatic carbocycles. The Bertz CT molecular complexity index is 745. The number of pyridine rings is 1. The third-order valence-corrected chi connectivity index (χ3v) is 5.21. The number of nitrogens with one attached hydrogen (secondary N) is 2. The number of rotatable bonds is 5. The van der Waals surface area contributed by atoms with Crippen LogP contribution in [0, 0.1) is 5.92 Å². The van der Waals surface area contributed by atoms with Crippen molar-refractivity contribution in [3.8, 4) is 0 Å². The third kappa shape index (κ3) is 4.15. The topological polar surface area (TPSA) is 57.3 Å². The van der Waals surface area contributed by atoms with Gasteiger partial charge in [-0.15, -0.1) is 0 Å². The molecule has 26 heavy (non-hydrogen) atoms. The number of carbonyl (C=O) groups excluding carboxylic acids is 1. The van der Waals surface area contributed by atoms with Gasteiger partial charge in [0.05, 0.1) is 11.9 Å². The number of anilines is 3. The van der Waals surface area contributed by atoms with Gasteiger partial charge in [0.25, 0.3) is 5.91 Å². The monoisotopic (exact) mass is 350 g/mol. The van der Waals surface area contributed by atoms with Crippen LogP contribution < -0.4 is 15.5 Å². The fraction of sp³-hybridized carbons (Fsp3) is 0.429. The SMILES string of the molecule is CC1CCN(c2ccc(Nc3ccc(C(=O)NC4CC4)nc3)cc2)CC1. The minimum Gasteiger partial charge on any atom is -0.372 e. The molecule has 1 aliphatic heterocycles. The first-order chi connectivity index (χ1) is 12.7. The number of benzene rings is 1. The summed E-state index contributed by atoms with van der Waals surface area (Å²) in [5.74, 6) is 0.758. The maximum atomic E-state index is 12.0. The molecular formula is C21H26N4O. The predicted molar refractivity (Wildman–Crippen MR) is 105 cm³/mol. The van der Waals surface area contributed by atoms with Gasteiger partial charge in [-0.05, 0) is 68.0 Å². The summed E-state index contributed by atoms with van der Waals surface area (Å²) in [5.41, 5.74) is 3.66. The molecule has 0 atom stereocenters. The van der Waals surface area contributed by atoms with Gasteiger partial charge in [-0.3, -0.25) is 4.79 Å². The van der Waals surface area contributed by atoms with E-state index in [1.165, 1.54) is 18.5 Å². The summed E-state index contributed by atoms with van der Waals surface area (Å²) < 4.78 is 0. The molecule has 1 saturated carbocycles. The number of aromatic nitrogens is 1. The van der Waals surface area contributed by atoms with E-state index in [2.05, 4.69) is 51.7 Å². The Kier molecular flexibility index (Phi) is 4.78. The van der Waals surface area contributed by atoms with E-state index in [1.54, 1.807) is 12.3 Å². The molecule has 5 nitrogen and oxygen atoms in total. The van der Waals surface area contributed by atoms with Crippen molar-refractivity contribution in [2.45, 2.75) is 38.6 Å². The summed E-state index contributed by atoms with van der Waals surface area (Å²) in [5, 5.41) is 6.30. The Morgan fingerprint density at radius 2 is 1.69 bits per heavy atom. The molecule has 4 rings (SSSR count). The normalized spacial score (nSPS) is 17.8. The van der Waals surface area contributed by atoms with Crippen LogP contribution in [0.1, 0.15) is 43.1 Å². The van der Waals surface area contributed by atoms with Crippen molar-refractivity contribution in [1.82, 2.24) is 10.3 Å². The number of nitrogens with zero attached hydrogens (tertiary/aromatic N) is 2. The molecule has 0 bridgehead atoms. The lowest BCUT2D eigenvalue weighted by Crippen LogP contribution is -2.32. The quantitative estimate of drug-likeness (QED) is 0.857. The van der Waals surface area contributed by atoms with Gasteiger partial charge >= 0.3 is 0 Å². The number of hydrogen-bond acceptors (Lipinski definition) is 4. The number of carbonyl (C=O) groups is 1. The Morgan fingerprint density at radius 1 is 1.00 bits per heavy atom. The minimum absolute atomic E-state index is 0.0840. The average Bonchev–Trinajstić information content (AvgIpc) is 3.48. The van der Waals surface area contributed by atoms with Gasteiger partial charge in [-0.2, -0.15) is 0 Å². The van der Waals surface area contributed by atoms with E-state index in [-0.39, 0.29) is 5.91 Å². The van der Waals surface area contributed by atoms with E-state index in [0.29, 0.717) is 11.7 Å². The largest absolute Gasteiger partial charge is 0.372 e. The molecule has 1 amide bonds.